The number of carbonyl (C=O) groups is 1. The second kappa shape index (κ2) is 8.75. The molecule has 0 radical (unpaired) electrons. The van der Waals surface area contributed by atoms with Crippen LogP contribution in [0.15, 0.2) is 41.6 Å². The molecule has 0 bridgehead atoms. The summed E-state index contributed by atoms with van der Waals surface area (Å²) in [5.41, 5.74) is 1.34. The van der Waals surface area contributed by atoms with Crippen molar-refractivity contribution in [2.45, 2.75) is 18.6 Å². The number of carbonyl (C=O) groups excluding carboxylic acids is 1. The van der Waals surface area contributed by atoms with Crippen LogP contribution in [0, 0.1) is 28.8 Å². The van der Waals surface area contributed by atoms with E-state index in [4.69, 9.17) is 4.74 Å². The summed E-state index contributed by atoms with van der Waals surface area (Å²) in [5, 5.41) is 18.5. The van der Waals surface area contributed by atoms with Gasteiger partial charge in [-0.15, -0.1) is 0 Å². The van der Waals surface area contributed by atoms with Crippen molar-refractivity contribution < 1.29 is 22.7 Å². The Morgan fingerprint density at radius 3 is 2.63 bits per heavy atom. The molecule has 4 heterocycles. The molecule has 2 amide bonds. The summed E-state index contributed by atoms with van der Waals surface area (Å²) >= 11 is 0. The summed E-state index contributed by atoms with van der Waals surface area (Å²) in [5.74, 6) is -2.41. The van der Waals surface area contributed by atoms with Crippen LogP contribution >= 0.6 is 0 Å². The third kappa shape index (κ3) is 4.16. The normalized spacial score (nSPS) is 17.4. The maximum Gasteiger partial charge on any atom is 0.341 e. The Hall–Kier alpha value is -4.40. The topological polar surface area (TPSA) is 99.6 Å². The molecule has 35 heavy (non-hydrogen) atoms. The number of halogens is 3. The molecule has 2 aliphatic rings. The molecular weight excluding hydrogens is 463 g/mol. The van der Waals surface area contributed by atoms with E-state index in [1.54, 1.807) is 7.05 Å². The molecule has 178 valence electrons. The summed E-state index contributed by atoms with van der Waals surface area (Å²) < 4.78 is 48.8. The van der Waals surface area contributed by atoms with Crippen molar-refractivity contribution in [2.24, 2.45) is 12.1 Å². The number of likely N-dealkylation sites (tertiary alicyclic amines) is 1. The molecule has 0 spiro atoms. The van der Waals surface area contributed by atoms with Crippen molar-refractivity contribution in [3.8, 4) is 23.3 Å². The van der Waals surface area contributed by atoms with Gasteiger partial charge in [-0.25, -0.2) is 28.0 Å². The highest BCUT2D eigenvalue weighted by molar-refractivity contribution is 5.79. The van der Waals surface area contributed by atoms with E-state index in [1.807, 2.05) is 6.07 Å². The number of benzene rings is 1. The zero-order valence-corrected chi connectivity index (χ0v) is 18.4. The summed E-state index contributed by atoms with van der Waals surface area (Å²) in [6, 6.07) is 6.66. The average Bonchev–Trinajstić information content (AvgIpc) is 3.43. The fourth-order valence-electron chi connectivity index (χ4n) is 4.08. The second-order valence-electron chi connectivity index (χ2n) is 8.15. The summed E-state index contributed by atoms with van der Waals surface area (Å²) in [7, 11) is 1.64. The minimum absolute atomic E-state index is 0.148. The number of nitrogens with zero attached hydrogens (tertiary/aromatic N) is 7. The molecule has 5 rings (SSSR count). The lowest BCUT2D eigenvalue weighted by atomic mass is 10.0. The van der Waals surface area contributed by atoms with Crippen molar-refractivity contribution in [3.05, 3.63) is 65.1 Å². The van der Waals surface area contributed by atoms with Gasteiger partial charge in [0.15, 0.2) is 5.82 Å². The molecule has 1 fully saturated rings. The van der Waals surface area contributed by atoms with E-state index in [9.17, 15) is 23.2 Å². The first-order valence-electron chi connectivity index (χ1n) is 10.7. The highest BCUT2D eigenvalue weighted by atomic mass is 19.1. The van der Waals surface area contributed by atoms with Gasteiger partial charge in [0.05, 0.1) is 36.6 Å². The molecule has 12 heteroatoms. The third-order valence-electron chi connectivity index (χ3n) is 5.81. The number of hydrogen-bond acceptors (Lipinski definition) is 6. The minimum atomic E-state index is -0.735. The van der Waals surface area contributed by atoms with Gasteiger partial charge >= 0.3 is 6.03 Å². The number of ether oxygens (including phenoxy) is 1. The molecular formula is C23H18F3N7O2. The third-order valence-corrected chi connectivity index (χ3v) is 5.81. The van der Waals surface area contributed by atoms with Gasteiger partial charge in [0, 0.05) is 25.7 Å². The zero-order valence-electron chi connectivity index (χ0n) is 18.4. The van der Waals surface area contributed by atoms with Crippen LogP contribution in [0.1, 0.15) is 23.6 Å². The number of amides is 2. The molecule has 1 saturated heterocycles. The fraction of sp³-hybridized carbons (Fsp3) is 0.261. The monoisotopic (exact) mass is 481 g/mol. The van der Waals surface area contributed by atoms with Crippen molar-refractivity contribution in [1.82, 2.24) is 24.7 Å². The Balaban J connectivity index is 1.26. The Bertz CT molecular complexity index is 1360. The van der Waals surface area contributed by atoms with Crippen molar-refractivity contribution in [1.29, 1.82) is 5.26 Å². The number of aromatic nitrogens is 3. The highest BCUT2D eigenvalue weighted by Gasteiger charge is 2.39. The summed E-state index contributed by atoms with van der Waals surface area (Å²) in [6.07, 6.45) is 2.71. The van der Waals surface area contributed by atoms with Gasteiger partial charge < -0.3 is 9.64 Å². The van der Waals surface area contributed by atoms with Crippen LogP contribution in [0.4, 0.5) is 18.0 Å². The van der Waals surface area contributed by atoms with Crippen LogP contribution in [0.3, 0.4) is 0 Å². The molecule has 0 saturated carbocycles. The van der Waals surface area contributed by atoms with Gasteiger partial charge in [-0.1, -0.05) is 0 Å². The molecule has 0 N–H and O–H groups in total. The number of pyridine rings is 1. The quantitative estimate of drug-likeness (QED) is 0.569. The molecule has 2 aromatic heterocycles. The number of rotatable bonds is 4. The van der Waals surface area contributed by atoms with E-state index >= 15 is 0 Å². The number of hydrazone groups is 1. The standard InChI is InChI=1S/C23H18F3N7O2/c1-31-21(14(9-27)10-29-31)19-3-2-18(26)22(30-19)35-17-11-32(12-17)23(34)33-20(4-5-28-33)13-6-15(24)8-16(25)7-13/h2-3,5-8,10,17,20H,4,11-12H2,1H3/t20-/m0/s1. The van der Waals surface area contributed by atoms with Gasteiger partial charge in [-0.05, 0) is 29.8 Å². The van der Waals surface area contributed by atoms with E-state index in [2.05, 4.69) is 15.2 Å². The van der Waals surface area contributed by atoms with Crippen LogP contribution in [0.25, 0.3) is 11.4 Å². The number of hydrogen-bond donors (Lipinski definition) is 0. The van der Waals surface area contributed by atoms with Gasteiger partial charge in [0.2, 0.25) is 0 Å². The van der Waals surface area contributed by atoms with E-state index in [1.165, 1.54) is 51.3 Å². The predicted octanol–water partition coefficient (Wildman–Crippen LogP) is 3.39. The molecule has 3 aromatic rings. The van der Waals surface area contributed by atoms with Crippen LogP contribution in [-0.4, -0.2) is 56.1 Å². The molecule has 0 aliphatic carbocycles. The van der Waals surface area contributed by atoms with E-state index < -0.39 is 35.6 Å². The van der Waals surface area contributed by atoms with Crippen LogP contribution in [0.5, 0.6) is 5.88 Å². The number of aryl methyl sites for hydroxylation is 1. The van der Waals surface area contributed by atoms with Crippen molar-refractivity contribution in [2.75, 3.05) is 13.1 Å². The molecule has 1 atom stereocenters. The first-order chi connectivity index (χ1) is 16.8. The summed E-state index contributed by atoms with van der Waals surface area (Å²) in [4.78, 5) is 18.6. The lowest BCUT2D eigenvalue weighted by Crippen LogP contribution is -2.59. The molecule has 0 unspecified atom stereocenters. The van der Waals surface area contributed by atoms with Gasteiger partial charge in [-0.3, -0.25) is 4.68 Å². The Labute approximate surface area is 197 Å². The second-order valence-corrected chi connectivity index (χ2v) is 8.15. The van der Waals surface area contributed by atoms with Crippen LogP contribution < -0.4 is 4.74 Å². The largest absolute Gasteiger partial charge is 0.468 e. The fourth-order valence-corrected chi connectivity index (χ4v) is 4.08. The minimum Gasteiger partial charge on any atom is -0.468 e. The Morgan fingerprint density at radius 1 is 1.17 bits per heavy atom. The van der Waals surface area contributed by atoms with E-state index in [-0.39, 0.29) is 24.5 Å². The first kappa shape index (κ1) is 22.4. The predicted molar refractivity (Wildman–Crippen MR) is 117 cm³/mol. The van der Waals surface area contributed by atoms with Gasteiger partial charge in [0.1, 0.15) is 29.5 Å². The van der Waals surface area contributed by atoms with Crippen molar-refractivity contribution in [3.63, 3.8) is 0 Å². The van der Waals surface area contributed by atoms with Crippen LogP contribution in [-0.2, 0) is 7.05 Å². The van der Waals surface area contributed by atoms with Gasteiger partial charge in [-0.2, -0.15) is 15.5 Å². The van der Waals surface area contributed by atoms with E-state index in [0.717, 1.165) is 6.07 Å². The number of nitriles is 1. The summed E-state index contributed by atoms with van der Waals surface area (Å²) in [6.45, 7) is 0.297. The molecule has 2 aliphatic heterocycles. The van der Waals surface area contributed by atoms with Gasteiger partial charge in [0.25, 0.3) is 5.88 Å². The Kier molecular flexibility index (Phi) is 5.60. The lowest BCUT2D eigenvalue weighted by Gasteiger charge is -2.40. The Morgan fingerprint density at radius 2 is 1.91 bits per heavy atom. The maximum absolute atomic E-state index is 14.4. The first-order valence-corrected chi connectivity index (χ1v) is 10.7. The smallest absolute Gasteiger partial charge is 0.341 e. The molecule has 9 nitrogen and oxygen atoms in total. The average molecular weight is 481 g/mol. The molecule has 1 aromatic carbocycles. The lowest BCUT2D eigenvalue weighted by molar-refractivity contribution is 0.0231. The number of urea groups is 1. The zero-order chi connectivity index (χ0) is 24.7. The van der Waals surface area contributed by atoms with E-state index in [0.29, 0.717) is 23.4 Å². The maximum atomic E-state index is 14.4. The van der Waals surface area contributed by atoms with Crippen molar-refractivity contribution >= 4 is 12.2 Å². The van der Waals surface area contributed by atoms with Crippen LogP contribution in [0.2, 0.25) is 0 Å². The SMILES string of the molecule is Cn1ncc(C#N)c1-c1ccc(F)c(OC2CN(C(=O)N3N=CC[C@H]3c3cc(F)cc(F)c3)C2)n1. The highest BCUT2D eigenvalue weighted by Crippen LogP contribution is 2.32.